The van der Waals surface area contributed by atoms with Gasteiger partial charge in [-0.15, -0.1) is 0 Å². The summed E-state index contributed by atoms with van der Waals surface area (Å²) in [5.41, 5.74) is 2.76. The summed E-state index contributed by atoms with van der Waals surface area (Å²) in [4.78, 5) is 2.68. The highest BCUT2D eigenvalue weighted by atomic mass is 32.2. The van der Waals surface area contributed by atoms with Gasteiger partial charge in [0.1, 0.15) is 5.75 Å². The Kier molecular flexibility index (Phi) is 6.00. The van der Waals surface area contributed by atoms with Gasteiger partial charge in [-0.2, -0.15) is 0 Å². The summed E-state index contributed by atoms with van der Waals surface area (Å²) < 4.78 is 30.8. The zero-order chi connectivity index (χ0) is 19.7. The maximum Gasteiger partial charge on any atom is 0.211 e. The van der Waals surface area contributed by atoms with Gasteiger partial charge in [0.05, 0.1) is 12.9 Å². The fourth-order valence-corrected chi connectivity index (χ4v) is 5.53. The number of fused-ring (bicyclic) bond motifs is 1. The van der Waals surface area contributed by atoms with Crippen LogP contribution in [0.15, 0.2) is 18.2 Å². The minimum atomic E-state index is -3.04. The summed E-state index contributed by atoms with van der Waals surface area (Å²) >= 11 is 0. The standard InChI is InChI=1S/C22H34N2O3S/c1-17(13-20-5-6-22-21(14-20)9-12-27-22)23(15-18-3-4-18)16-19-7-10-24(11-8-19)28(2,25)26/h5-6,14,17-19H,3-4,7-13,15-16H2,1-2H3. The zero-order valence-corrected chi connectivity index (χ0v) is 18.1. The lowest BCUT2D eigenvalue weighted by atomic mass is 9.95. The highest BCUT2D eigenvalue weighted by Gasteiger charge is 2.31. The molecule has 1 saturated heterocycles. The normalized spacial score (nSPS) is 22.2. The second-order valence-electron chi connectivity index (χ2n) is 9.10. The van der Waals surface area contributed by atoms with Crippen LogP contribution in [-0.4, -0.2) is 62.7 Å². The van der Waals surface area contributed by atoms with Gasteiger partial charge in [-0.1, -0.05) is 12.1 Å². The first-order valence-corrected chi connectivity index (χ1v) is 12.7. The van der Waals surface area contributed by atoms with Crippen LogP contribution in [0.25, 0.3) is 0 Å². The van der Waals surface area contributed by atoms with E-state index in [0.29, 0.717) is 25.0 Å². The minimum Gasteiger partial charge on any atom is -0.493 e. The van der Waals surface area contributed by atoms with Gasteiger partial charge in [0.25, 0.3) is 0 Å². The van der Waals surface area contributed by atoms with E-state index in [9.17, 15) is 8.42 Å². The average molecular weight is 407 g/mol. The van der Waals surface area contributed by atoms with E-state index in [1.54, 1.807) is 4.31 Å². The molecule has 0 aromatic heterocycles. The Bertz CT molecular complexity index is 783. The molecule has 0 N–H and O–H groups in total. The summed E-state index contributed by atoms with van der Waals surface area (Å²) in [6.07, 6.45) is 8.13. The number of rotatable bonds is 8. The maximum atomic E-state index is 11.8. The molecule has 5 nitrogen and oxygen atoms in total. The number of nitrogens with zero attached hydrogens (tertiary/aromatic N) is 2. The van der Waals surface area contributed by atoms with Crippen molar-refractivity contribution in [2.75, 3.05) is 39.0 Å². The molecule has 4 rings (SSSR count). The molecular weight excluding hydrogens is 372 g/mol. The van der Waals surface area contributed by atoms with Gasteiger partial charge in [0.15, 0.2) is 0 Å². The number of hydrogen-bond acceptors (Lipinski definition) is 4. The van der Waals surface area contributed by atoms with E-state index in [-0.39, 0.29) is 0 Å². The van der Waals surface area contributed by atoms with Crippen LogP contribution >= 0.6 is 0 Å². The highest BCUT2D eigenvalue weighted by Crippen LogP contribution is 2.32. The molecule has 28 heavy (non-hydrogen) atoms. The molecule has 2 fully saturated rings. The lowest BCUT2D eigenvalue weighted by Crippen LogP contribution is -2.44. The van der Waals surface area contributed by atoms with Crippen LogP contribution in [0.1, 0.15) is 43.7 Å². The van der Waals surface area contributed by atoms with Gasteiger partial charge in [0, 0.05) is 38.6 Å². The first-order valence-electron chi connectivity index (χ1n) is 10.8. The minimum absolute atomic E-state index is 0.508. The first-order chi connectivity index (χ1) is 13.4. The predicted molar refractivity (Wildman–Crippen MR) is 112 cm³/mol. The van der Waals surface area contributed by atoms with Gasteiger partial charge >= 0.3 is 0 Å². The molecule has 1 atom stereocenters. The SMILES string of the molecule is CC(Cc1ccc2c(c1)CCO2)N(CC1CC1)CC1CCN(S(C)(=O)=O)CC1. The van der Waals surface area contributed by atoms with Crippen molar-refractivity contribution < 1.29 is 13.2 Å². The molecule has 0 radical (unpaired) electrons. The molecule has 2 aliphatic heterocycles. The molecule has 1 aliphatic carbocycles. The van der Waals surface area contributed by atoms with E-state index in [1.165, 1.54) is 36.8 Å². The van der Waals surface area contributed by atoms with Gasteiger partial charge in [0.2, 0.25) is 10.0 Å². The van der Waals surface area contributed by atoms with E-state index >= 15 is 0 Å². The van der Waals surface area contributed by atoms with Gasteiger partial charge in [-0.25, -0.2) is 12.7 Å². The molecule has 6 heteroatoms. The monoisotopic (exact) mass is 406 g/mol. The Hall–Kier alpha value is -1.11. The van der Waals surface area contributed by atoms with Crippen LogP contribution in [0.2, 0.25) is 0 Å². The van der Waals surface area contributed by atoms with Crippen LogP contribution in [0.3, 0.4) is 0 Å². The third-order valence-corrected chi connectivity index (χ3v) is 7.94. The van der Waals surface area contributed by atoms with E-state index in [0.717, 1.165) is 50.5 Å². The van der Waals surface area contributed by atoms with Crippen LogP contribution in [0.5, 0.6) is 5.75 Å². The van der Waals surface area contributed by atoms with Crippen LogP contribution in [-0.2, 0) is 22.9 Å². The smallest absolute Gasteiger partial charge is 0.211 e. The molecule has 0 spiro atoms. The van der Waals surface area contributed by atoms with Crippen molar-refractivity contribution >= 4 is 10.0 Å². The lowest BCUT2D eigenvalue weighted by molar-refractivity contribution is 0.141. The van der Waals surface area contributed by atoms with Crippen molar-refractivity contribution in [2.24, 2.45) is 11.8 Å². The molecule has 156 valence electrons. The lowest BCUT2D eigenvalue weighted by Gasteiger charge is -2.36. The maximum absolute atomic E-state index is 11.8. The summed E-state index contributed by atoms with van der Waals surface area (Å²) in [7, 11) is -3.04. The van der Waals surface area contributed by atoms with Crippen molar-refractivity contribution in [2.45, 2.75) is 51.5 Å². The molecule has 2 heterocycles. The molecule has 1 unspecified atom stereocenters. The topological polar surface area (TPSA) is 49.9 Å². The second kappa shape index (κ2) is 8.33. The van der Waals surface area contributed by atoms with Crippen LogP contribution < -0.4 is 4.74 Å². The largest absolute Gasteiger partial charge is 0.493 e. The van der Waals surface area contributed by atoms with Crippen molar-refractivity contribution in [1.29, 1.82) is 0 Å². The molecule has 3 aliphatic rings. The number of piperidine rings is 1. The Morgan fingerprint density at radius 3 is 2.46 bits per heavy atom. The molecule has 1 aromatic carbocycles. The third kappa shape index (κ3) is 5.08. The van der Waals surface area contributed by atoms with E-state index in [4.69, 9.17) is 4.74 Å². The first kappa shape index (κ1) is 20.2. The van der Waals surface area contributed by atoms with E-state index in [2.05, 4.69) is 30.0 Å². The van der Waals surface area contributed by atoms with E-state index in [1.807, 2.05) is 0 Å². The zero-order valence-electron chi connectivity index (χ0n) is 17.3. The number of ether oxygens (including phenoxy) is 1. The Morgan fingerprint density at radius 1 is 1.14 bits per heavy atom. The Balaban J connectivity index is 1.36. The number of hydrogen-bond donors (Lipinski definition) is 0. The molecular formula is C22H34N2O3S. The summed E-state index contributed by atoms with van der Waals surface area (Å²) in [5.74, 6) is 2.53. The van der Waals surface area contributed by atoms with Crippen molar-refractivity contribution in [3.8, 4) is 5.75 Å². The summed E-state index contributed by atoms with van der Waals surface area (Å²) in [6.45, 7) is 6.83. The van der Waals surface area contributed by atoms with Crippen molar-refractivity contribution in [3.05, 3.63) is 29.3 Å². The van der Waals surface area contributed by atoms with Gasteiger partial charge < -0.3 is 4.74 Å². The second-order valence-corrected chi connectivity index (χ2v) is 11.1. The quantitative estimate of drug-likeness (QED) is 0.666. The average Bonchev–Trinajstić information content (AvgIpc) is 3.35. The molecule has 1 saturated carbocycles. The van der Waals surface area contributed by atoms with Crippen molar-refractivity contribution in [3.63, 3.8) is 0 Å². The summed E-state index contributed by atoms with van der Waals surface area (Å²) in [6, 6.07) is 7.20. The van der Waals surface area contributed by atoms with Crippen molar-refractivity contribution in [1.82, 2.24) is 9.21 Å². The van der Waals surface area contributed by atoms with Gasteiger partial charge in [-0.05, 0) is 68.1 Å². The number of benzene rings is 1. The molecule has 1 aromatic rings. The molecule has 0 bridgehead atoms. The Labute approximate surface area is 170 Å². The Morgan fingerprint density at radius 2 is 1.82 bits per heavy atom. The highest BCUT2D eigenvalue weighted by molar-refractivity contribution is 7.88. The third-order valence-electron chi connectivity index (χ3n) is 6.63. The van der Waals surface area contributed by atoms with Gasteiger partial charge in [-0.3, -0.25) is 4.90 Å². The van der Waals surface area contributed by atoms with Crippen LogP contribution in [0, 0.1) is 11.8 Å². The number of sulfonamides is 1. The predicted octanol–water partition coefficient (Wildman–Crippen LogP) is 2.94. The summed E-state index contributed by atoms with van der Waals surface area (Å²) in [5, 5.41) is 0. The fraction of sp³-hybridized carbons (Fsp3) is 0.727. The molecule has 0 amide bonds. The van der Waals surface area contributed by atoms with Crippen LogP contribution in [0.4, 0.5) is 0 Å². The van der Waals surface area contributed by atoms with E-state index < -0.39 is 10.0 Å². The fourth-order valence-electron chi connectivity index (χ4n) is 4.66.